The van der Waals surface area contributed by atoms with E-state index in [0.29, 0.717) is 22.2 Å². The minimum Gasteiger partial charge on any atom is -0.321 e. The first-order valence-corrected chi connectivity index (χ1v) is 9.63. The maximum Gasteiger partial charge on any atom is 0.274 e. The zero-order valence-corrected chi connectivity index (χ0v) is 16.1. The number of carbonyl (C=O) groups is 1. The number of amides is 1. The van der Waals surface area contributed by atoms with E-state index in [1.807, 2.05) is 47.8 Å². The standard InChI is InChI=1S/C20H14ClN5OS/c21-15-8-4-9-16(12-15)22-20(27)18(13-17-10-5-11-28-17)26-19(23-24-25-26)14-6-2-1-3-7-14/h1-13H,(H,22,27)/b18-13-. The van der Waals surface area contributed by atoms with E-state index in [2.05, 4.69) is 20.8 Å². The van der Waals surface area contributed by atoms with Gasteiger partial charge in [-0.1, -0.05) is 54.1 Å². The van der Waals surface area contributed by atoms with Gasteiger partial charge in [-0.05, 0) is 46.1 Å². The first-order valence-electron chi connectivity index (χ1n) is 8.37. The Bertz CT molecular complexity index is 1120. The fourth-order valence-corrected chi connectivity index (χ4v) is 3.45. The second-order valence-corrected chi connectivity index (χ2v) is 7.21. The lowest BCUT2D eigenvalue weighted by atomic mass is 10.2. The molecule has 1 amide bonds. The highest BCUT2D eigenvalue weighted by Crippen LogP contribution is 2.23. The maximum absolute atomic E-state index is 13.1. The van der Waals surface area contributed by atoms with Gasteiger partial charge in [0.1, 0.15) is 5.70 Å². The van der Waals surface area contributed by atoms with Crippen LogP contribution in [0, 0.1) is 0 Å². The molecule has 28 heavy (non-hydrogen) atoms. The molecule has 0 aliphatic rings. The molecule has 0 saturated carbocycles. The summed E-state index contributed by atoms with van der Waals surface area (Å²) in [4.78, 5) is 14.0. The Labute approximate surface area is 170 Å². The first kappa shape index (κ1) is 18.1. The smallest absolute Gasteiger partial charge is 0.274 e. The fraction of sp³-hybridized carbons (Fsp3) is 0. The van der Waals surface area contributed by atoms with Gasteiger partial charge in [0.15, 0.2) is 5.82 Å². The molecule has 0 aliphatic heterocycles. The number of tetrazole rings is 1. The molecule has 0 saturated heterocycles. The molecule has 0 atom stereocenters. The first-order chi connectivity index (χ1) is 13.7. The number of halogens is 1. The summed E-state index contributed by atoms with van der Waals surface area (Å²) < 4.78 is 1.44. The van der Waals surface area contributed by atoms with Crippen molar-refractivity contribution >= 4 is 46.3 Å². The highest BCUT2D eigenvalue weighted by molar-refractivity contribution is 7.10. The largest absolute Gasteiger partial charge is 0.321 e. The minimum atomic E-state index is -0.347. The second-order valence-electron chi connectivity index (χ2n) is 5.79. The van der Waals surface area contributed by atoms with Crippen LogP contribution in [0.3, 0.4) is 0 Å². The summed E-state index contributed by atoms with van der Waals surface area (Å²) in [5.41, 5.74) is 1.69. The van der Waals surface area contributed by atoms with Crippen LogP contribution in [0.1, 0.15) is 4.88 Å². The number of nitrogens with zero attached hydrogens (tertiary/aromatic N) is 4. The summed E-state index contributed by atoms with van der Waals surface area (Å²) in [6.45, 7) is 0. The number of aromatic nitrogens is 4. The summed E-state index contributed by atoms with van der Waals surface area (Å²) in [6, 6.07) is 20.3. The predicted octanol–water partition coefficient (Wildman–Crippen LogP) is 4.69. The second kappa shape index (κ2) is 8.16. The van der Waals surface area contributed by atoms with Crippen LogP contribution in [0.4, 0.5) is 5.69 Å². The van der Waals surface area contributed by atoms with Crippen molar-refractivity contribution in [3.05, 3.63) is 82.0 Å². The molecule has 0 spiro atoms. The number of anilines is 1. The summed E-state index contributed by atoms with van der Waals surface area (Å²) in [5.74, 6) is 0.129. The van der Waals surface area contributed by atoms with E-state index < -0.39 is 0 Å². The van der Waals surface area contributed by atoms with Gasteiger partial charge in [0.25, 0.3) is 5.91 Å². The normalized spacial score (nSPS) is 11.4. The van der Waals surface area contributed by atoms with Gasteiger partial charge in [-0.15, -0.1) is 16.4 Å². The van der Waals surface area contributed by atoms with Gasteiger partial charge < -0.3 is 5.32 Å². The fourth-order valence-electron chi connectivity index (χ4n) is 2.61. The van der Waals surface area contributed by atoms with Crippen LogP contribution in [0.15, 0.2) is 72.1 Å². The van der Waals surface area contributed by atoms with Crippen LogP contribution < -0.4 is 5.32 Å². The number of nitrogens with one attached hydrogen (secondary N) is 1. The number of rotatable bonds is 5. The molecule has 0 unspecified atom stereocenters. The molecule has 6 nitrogen and oxygen atoms in total. The Balaban J connectivity index is 1.76. The summed E-state index contributed by atoms with van der Waals surface area (Å²) in [6.07, 6.45) is 1.76. The van der Waals surface area contributed by atoms with Crippen LogP contribution in [0.25, 0.3) is 23.2 Å². The van der Waals surface area contributed by atoms with Crippen molar-refractivity contribution in [2.45, 2.75) is 0 Å². The van der Waals surface area contributed by atoms with Crippen molar-refractivity contribution in [2.75, 3.05) is 5.32 Å². The molecule has 1 N–H and O–H groups in total. The molecule has 2 aromatic carbocycles. The number of hydrogen-bond donors (Lipinski definition) is 1. The minimum absolute atomic E-state index is 0.297. The molecule has 4 rings (SSSR count). The van der Waals surface area contributed by atoms with E-state index in [4.69, 9.17) is 11.6 Å². The molecule has 0 fully saturated rings. The molecule has 8 heteroatoms. The Morgan fingerprint density at radius 3 is 2.68 bits per heavy atom. The zero-order valence-electron chi connectivity index (χ0n) is 14.5. The molecule has 0 radical (unpaired) electrons. The molecular weight excluding hydrogens is 394 g/mol. The number of thiophene rings is 1. The van der Waals surface area contributed by atoms with E-state index in [1.54, 1.807) is 30.3 Å². The van der Waals surface area contributed by atoms with Crippen molar-refractivity contribution in [1.29, 1.82) is 0 Å². The van der Waals surface area contributed by atoms with Gasteiger partial charge in [0, 0.05) is 21.2 Å². The average molecular weight is 408 g/mol. The van der Waals surface area contributed by atoms with Crippen LogP contribution in [-0.4, -0.2) is 26.1 Å². The Kier molecular flexibility index (Phi) is 5.27. The van der Waals surface area contributed by atoms with Crippen LogP contribution in [0.5, 0.6) is 0 Å². The third kappa shape index (κ3) is 4.00. The highest BCUT2D eigenvalue weighted by Gasteiger charge is 2.19. The topological polar surface area (TPSA) is 72.7 Å². The predicted molar refractivity (Wildman–Crippen MR) is 112 cm³/mol. The van der Waals surface area contributed by atoms with Crippen LogP contribution in [-0.2, 0) is 4.79 Å². The molecule has 0 bridgehead atoms. The third-order valence-corrected chi connectivity index (χ3v) is 4.92. The van der Waals surface area contributed by atoms with Crippen LogP contribution in [0.2, 0.25) is 5.02 Å². The molecule has 138 valence electrons. The Morgan fingerprint density at radius 1 is 1.07 bits per heavy atom. The summed E-state index contributed by atoms with van der Waals surface area (Å²) in [7, 11) is 0. The summed E-state index contributed by atoms with van der Waals surface area (Å²) >= 11 is 7.54. The van der Waals surface area contributed by atoms with E-state index >= 15 is 0 Å². The van der Waals surface area contributed by atoms with E-state index in [1.165, 1.54) is 16.0 Å². The van der Waals surface area contributed by atoms with Gasteiger partial charge in [-0.25, -0.2) is 0 Å². The third-order valence-electron chi connectivity index (χ3n) is 3.87. The number of carbonyl (C=O) groups excluding carboxylic acids is 1. The van der Waals surface area contributed by atoms with E-state index in [0.717, 1.165) is 10.4 Å². The van der Waals surface area contributed by atoms with Crippen molar-refractivity contribution in [1.82, 2.24) is 20.2 Å². The highest BCUT2D eigenvalue weighted by atomic mass is 35.5. The summed E-state index contributed by atoms with van der Waals surface area (Å²) in [5, 5.41) is 17.3. The van der Waals surface area contributed by atoms with Crippen LogP contribution >= 0.6 is 22.9 Å². The Hall–Kier alpha value is -3.29. The molecule has 4 aromatic rings. The monoisotopic (exact) mass is 407 g/mol. The lowest BCUT2D eigenvalue weighted by Crippen LogP contribution is -2.19. The van der Waals surface area contributed by atoms with Crippen molar-refractivity contribution in [3.8, 4) is 11.4 Å². The Morgan fingerprint density at radius 2 is 1.93 bits per heavy atom. The SMILES string of the molecule is O=C(Nc1cccc(Cl)c1)/C(=C/c1cccs1)n1nnnc1-c1ccccc1. The zero-order chi connectivity index (χ0) is 19.3. The quantitative estimate of drug-likeness (QED) is 0.487. The van der Waals surface area contributed by atoms with Gasteiger partial charge in [0.2, 0.25) is 0 Å². The van der Waals surface area contributed by atoms with Crippen molar-refractivity contribution in [2.24, 2.45) is 0 Å². The number of benzene rings is 2. The molecular formula is C20H14ClN5OS. The molecule has 2 heterocycles. The lowest BCUT2D eigenvalue weighted by Gasteiger charge is -2.11. The van der Waals surface area contributed by atoms with Gasteiger partial charge >= 0.3 is 0 Å². The van der Waals surface area contributed by atoms with Crippen molar-refractivity contribution in [3.63, 3.8) is 0 Å². The maximum atomic E-state index is 13.1. The van der Waals surface area contributed by atoms with E-state index in [-0.39, 0.29) is 5.91 Å². The van der Waals surface area contributed by atoms with Gasteiger partial charge in [0.05, 0.1) is 0 Å². The van der Waals surface area contributed by atoms with Gasteiger partial charge in [-0.3, -0.25) is 4.79 Å². The molecule has 0 aliphatic carbocycles. The van der Waals surface area contributed by atoms with Gasteiger partial charge in [-0.2, -0.15) is 4.68 Å². The van der Waals surface area contributed by atoms with E-state index in [9.17, 15) is 4.79 Å². The number of hydrogen-bond acceptors (Lipinski definition) is 5. The van der Waals surface area contributed by atoms with Crippen molar-refractivity contribution < 1.29 is 4.79 Å². The molecule has 2 aromatic heterocycles. The average Bonchev–Trinajstić information content (AvgIpc) is 3.38. The lowest BCUT2D eigenvalue weighted by molar-refractivity contribution is -0.111.